The molecule has 1 N–H and O–H groups in total. The van der Waals surface area contributed by atoms with E-state index >= 15 is 0 Å². The molecular weight excluding hydrogens is 272 g/mol. The van der Waals surface area contributed by atoms with Gasteiger partial charge in [0.2, 0.25) is 0 Å². The molecular formula is C19H32N2O. The van der Waals surface area contributed by atoms with Gasteiger partial charge in [0.15, 0.2) is 0 Å². The summed E-state index contributed by atoms with van der Waals surface area (Å²) in [6.45, 7) is 15.2. The van der Waals surface area contributed by atoms with Crippen molar-refractivity contribution < 1.29 is 4.74 Å². The summed E-state index contributed by atoms with van der Waals surface area (Å²) < 4.78 is 5.38. The van der Waals surface area contributed by atoms with Gasteiger partial charge in [0.05, 0.1) is 13.2 Å². The van der Waals surface area contributed by atoms with Crippen molar-refractivity contribution in [3.8, 4) is 0 Å². The maximum atomic E-state index is 5.38. The third kappa shape index (κ3) is 5.38. The van der Waals surface area contributed by atoms with Crippen LogP contribution in [0, 0.1) is 0 Å². The highest BCUT2D eigenvalue weighted by Crippen LogP contribution is 2.23. The molecule has 1 fully saturated rings. The van der Waals surface area contributed by atoms with Crippen molar-refractivity contribution in [2.75, 3.05) is 39.4 Å². The summed E-state index contributed by atoms with van der Waals surface area (Å²) in [5.41, 5.74) is 3.00. The lowest BCUT2D eigenvalue weighted by atomic mass is 9.86. The highest BCUT2D eigenvalue weighted by Gasteiger charge is 2.14. The van der Waals surface area contributed by atoms with Gasteiger partial charge in [-0.3, -0.25) is 4.90 Å². The SMILES string of the molecule is CC(NCCCN1CCOCC1)c1ccc(C(C)(C)C)cc1. The minimum atomic E-state index is 0.230. The molecule has 0 spiro atoms. The molecule has 2 rings (SSSR count). The molecule has 1 heterocycles. The molecule has 0 aromatic heterocycles. The van der Waals surface area contributed by atoms with Crippen molar-refractivity contribution in [3.63, 3.8) is 0 Å². The predicted molar refractivity (Wildman–Crippen MR) is 93.4 cm³/mol. The Morgan fingerprint density at radius 1 is 1.14 bits per heavy atom. The standard InChI is InChI=1S/C19H32N2O/c1-16(17-6-8-18(9-7-17)19(2,3)4)20-10-5-11-21-12-14-22-15-13-21/h6-9,16,20H,5,10-15H2,1-4H3. The zero-order valence-corrected chi connectivity index (χ0v) is 14.7. The maximum Gasteiger partial charge on any atom is 0.0594 e. The summed E-state index contributed by atoms with van der Waals surface area (Å²) >= 11 is 0. The van der Waals surface area contributed by atoms with Gasteiger partial charge < -0.3 is 10.1 Å². The Hall–Kier alpha value is -0.900. The van der Waals surface area contributed by atoms with Crippen molar-refractivity contribution in [1.82, 2.24) is 10.2 Å². The number of hydrogen-bond donors (Lipinski definition) is 1. The average molecular weight is 304 g/mol. The van der Waals surface area contributed by atoms with Gasteiger partial charge in [-0.1, -0.05) is 45.0 Å². The summed E-state index contributed by atoms with van der Waals surface area (Å²) in [7, 11) is 0. The van der Waals surface area contributed by atoms with Gasteiger partial charge in [0, 0.05) is 19.1 Å². The second-order valence-electron chi connectivity index (χ2n) is 7.36. The van der Waals surface area contributed by atoms with E-state index in [0.29, 0.717) is 6.04 Å². The van der Waals surface area contributed by atoms with Crippen LogP contribution in [0.2, 0.25) is 0 Å². The fraction of sp³-hybridized carbons (Fsp3) is 0.684. The summed E-state index contributed by atoms with van der Waals surface area (Å²) in [5, 5.41) is 3.64. The molecule has 124 valence electrons. The number of ether oxygens (including phenoxy) is 1. The van der Waals surface area contributed by atoms with Crippen LogP contribution in [0.3, 0.4) is 0 Å². The van der Waals surface area contributed by atoms with Gasteiger partial charge in [-0.2, -0.15) is 0 Å². The molecule has 0 bridgehead atoms. The molecule has 3 nitrogen and oxygen atoms in total. The molecule has 1 unspecified atom stereocenters. The van der Waals surface area contributed by atoms with Gasteiger partial charge >= 0.3 is 0 Å². The fourth-order valence-corrected chi connectivity index (χ4v) is 2.84. The molecule has 1 aromatic carbocycles. The molecule has 3 heteroatoms. The number of nitrogens with one attached hydrogen (secondary N) is 1. The first-order chi connectivity index (χ1) is 10.5. The summed E-state index contributed by atoms with van der Waals surface area (Å²) in [6.07, 6.45) is 1.20. The largest absolute Gasteiger partial charge is 0.379 e. The van der Waals surface area contributed by atoms with E-state index in [1.165, 1.54) is 24.1 Å². The van der Waals surface area contributed by atoms with E-state index in [9.17, 15) is 0 Å². The first-order valence-corrected chi connectivity index (χ1v) is 8.61. The molecule has 1 saturated heterocycles. The second kappa shape index (κ2) is 8.09. The fourth-order valence-electron chi connectivity index (χ4n) is 2.84. The van der Waals surface area contributed by atoms with Crippen LogP contribution in [0.1, 0.15) is 51.3 Å². The van der Waals surface area contributed by atoms with E-state index < -0.39 is 0 Å². The van der Waals surface area contributed by atoms with Gasteiger partial charge in [-0.25, -0.2) is 0 Å². The van der Waals surface area contributed by atoms with Gasteiger partial charge in [0.1, 0.15) is 0 Å². The average Bonchev–Trinajstić information content (AvgIpc) is 2.52. The first kappa shape index (κ1) is 17.5. The van der Waals surface area contributed by atoms with E-state index in [1.54, 1.807) is 0 Å². The number of hydrogen-bond acceptors (Lipinski definition) is 3. The summed E-state index contributed by atoms with van der Waals surface area (Å²) in [5.74, 6) is 0. The minimum absolute atomic E-state index is 0.230. The zero-order valence-electron chi connectivity index (χ0n) is 14.7. The molecule has 0 saturated carbocycles. The Balaban J connectivity index is 1.71. The molecule has 1 aliphatic rings. The molecule has 0 aliphatic carbocycles. The normalized spacial score (nSPS) is 18.4. The quantitative estimate of drug-likeness (QED) is 0.816. The predicted octanol–water partition coefficient (Wildman–Crippen LogP) is 3.36. The molecule has 22 heavy (non-hydrogen) atoms. The van der Waals surface area contributed by atoms with E-state index in [1.807, 2.05) is 0 Å². The second-order valence-corrected chi connectivity index (χ2v) is 7.36. The third-order valence-corrected chi connectivity index (χ3v) is 4.48. The molecule has 1 aromatic rings. The molecule has 0 radical (unpaired) electrons. The van der Waals surface area contributed by atoms with Crippen molar-refractivity contribution >= 4 is 0 Å². The van der Waals surface area contributed by atoms with Gasteiger partial charge in [-0.05, 0) is 43.0 Å². The zero-order chi connectivity index (χ0) is 16.0. The van der Waals surface area contributed by atoms with E-state index in [2.05, 4.69) is 62.2 Å². The number of nitrogens with zero attached hydrogens (tertiary/aromatic N) is 1. The van der Waals surface area contributed by atoms with E-state index in [0.717, 1.165) is 32.8 Å². The lowest BCUT2D eigenvalue weighted by Crippen LogP contribution is -2.37. The Bertz CT molecular complexity index is 430. The van der Waals surface area contributed by atoms with Crippen LogP contribution >= 0.6 is 0 Å². The van der Waals surface area contributed by atoms with Crippen molar-refractivity contribution in [1.29, 1.82) is 0 Å². The third-order valence-electron chi connectivity index (χ3n) is 4.48. The van der Waals surface area contributed by atoms with Crippen LogP contribution in [0.5, 0.6) is 0 Å². The maximum absolute atomic E-state index is 5.38. The molecule has 1 atom stereocenters. The lowest BCUT2D eigenvalue weighted by molar-refractivity contribution is 0.0374. The Kier molecular flexibility index (Phi) is 6.42. The number of rotatable bonds is 6. The van der Waals surface area contributed by atoms with E-state index in [-0.39, 0.29) is 5.41 Å². The summed E-state index contributed by atoms with van der Waals surface area (Å²) in [4.78, 5) is 2.49. The number of morpholine rings is 1. The van der Waals surface area contributed by atoms with Crippen LogP contribution < -0.4 is 5.32 Å². The van der Waals surface area contributed by atoms with Crippen LogP contribution in [-0.2, 0) is 10.2 Å². The Morgan fingerprint density at radius 2 is 1.77 bits per heavy atom. The Labute approximate surface area is 136 Å². The van der Waals surface area contributed by atoms with Crippen LogP contribution in [0.4, 0.5) is 0 Å². The monoisotopic (exact) mass is 304 g/mol. The topological polar surface area (TPSA) is 24.5 Å². The highest BCUT2D eigenvalue weighted by molar-refractivity contribution is 5.28. The lowest BCUT2D eigenvalue weighted by Gasteiger charge is -2.26. The molecule has 1 aliphatic heterocycles. The smallest absolute Gasteiger partial charge is 0.0594 e. The molecule has 0 amide bonds. The van der Waals surface area contributed by atoms with Crippen LogP contribution in [0.25, 0.3) is 0 Å². The Morgan fingerprint density at radius 3 is 2.36 bits per heavy atom. The van der Waals surface area contributed by atoms with Gasteiger partial charge in [0.25, 0.3) is 0 Å². The summed E-state index contributed by atoms with van der Waals surface area (Å²) in [6, 6.07) is 9.47. The van der Waals surface area contributed by atoms with Crippen LogP contribution in [-0.4, -0.2) is 44.3 Å². The van der Waals surface area contributed by atoms with Crippen molar-refractivity contribution in [2.24, 2.45) is 0 Å². The van der Waals surface area contributed by atoms with Gasteiger partial charge in [-0.15, -0.1) is 0 Å². The first-order valence-electron chi connectivity index (χ1n) is 8.61. The van der Waals surface area contributed by atoms with Crippen molar-refractivity contribution in [2.45, 2.75) is 45.6 Å². The van der Waals surface area contributed by atoms with Crippen molar-refractivity contribution in [3.05, 3.63) is 35.4 Å². The highest BCUT2D eigenvalue weighted by atomic mass is 16.5. The van der Waals surface area contributed by atoms with E-state index in [4.69, 9.17) is 4.74 Å². The number of benzene rings is 1. The minimum Gasteiger partial charge on any atom is -0.379 e. The van der Waals surface area contributed by atoms with Crippen LogP contribution in [0.15, 0.2) is 24.3 Å².